The Labute approximate surface area is 171 Å². The highest BCUT2D eigenvalue weighted by Gasteiger charge is 2.35. The van der Waals surface area contributed by atoms with E-state index in [0.717, 1.165) is 25.8 Å². The van der Waals surface area contributed by atoms with E-state index in [1.165, 1.54) is 24.3 Å². The van der Waals surface area contributed by atoms with Crippen LogP contribution in [0.3, 0.4) is 0 Å². The third-order valence-electron chi connectivity index (χ3n) is 3.60. The molecule has 9 heteroatoms. The van der Waals surface area contributed by atoms with Gasteiger partial charge in [0.15, 0.2) is 0 Å². The van der Waals surface area contributed by atoms with Crippen molar-refractivity contribution in [3.63, 3.8) is 0 Å². The molecule has 0 aliphatic carbocycles. The summed E-state index contributed by atoms with van der Waals surface area (Å²) in [5.41, 5.74) is 1.02. The van der Waals surface area contributed by atoms with Gasteiger partial charge in [-0.2, -0.15) is 0 Å². The quantitative estimate of drug-likeness (QED) is 0.253. The number of nitro benzene ring substituents is 1. The monoisotopic (exact) mass is 500 g/mol. The van der Waals surface area contributed by atoms with Gasteiger partial charge in [0, 0.05) is 26.3 Å². The normalized spacial score (nSPS) is 15.8. The van der Waals surface area contributed by atoms with Gasteiger partial charge >= 0.3 is 0 Å². The minimum Gasteiger partial charge on any atom is -0.268 e. The average Bonchev–Trinajstić information content (AvgIpc) is 2.86. The zero-order valence-corrected chi connectivity index (χ0v) is 16.7. The van der Waals surface area contributed by atoms with Crippen LogP contribution in [0.1, 0.15) is 11.1 Å². The summed E-state index contributed by atoms with van der Waals surface area (Å²) in [7, 11) is 0. The molecule has 3 rings (SSSR count). The molecule has 0 atom stereocenters. The summed E-state index contributed by atoms with van der Waals surface area (Å²) in [5, 5.41) is 10.8. The van der Waals surface area contributed by atoms with Crippen molar-refractivity contribution < 1.29 is 14.5 Å². The third-order valence-corrected chi connectivity index (χ3v) is 5.58. The lowest BCUT2D eigenvalue weighted by molar-refractivity contribution is -0.384. The van der Waals surface area contributed by atoms with E-state index in [4.69, 9.17) is 11.6 Å². The van der Waals surface area contributed by atoms with E-state index in [0.29, 0.717) is 5.56 Å². The van der Waals surface area contributed by atoms with Crippen molar-refractivity contribution in [1.82, 2.24) is 4.90 Å². The van der Waals surface area contributed by atoms with Crippen LogP contribution in [0.5, 0.6) is 0 Å². The van der Waals surface area contributed by atoms with Crippen LogP contribution in [0.25, 0.3) is 6.08 Å². The molecule has 0 spiro atoms. The molecular weight excluding hydrogens is 491 g/mol. The Balaban J connectivity index is 1.86. The molecule has 0 unspecified atom stereocenters. The molecule has 0 N–H and O–H groups in total. The van der Waals surface area contributed by atoms with E-state index in [1.807, 2.05) is 24.3 Å². The van der Waals surface area contributed by atoms with Crippen LogP contribution in [-0.2, 0) is 11.3 Å². The number of nitro groups is 1. The third kappa shape index (κ3) is 4.08. The molecule has 0 radical (unpaired) electrons. The number of non-ortho nitro benzene ring substituents is 1. The maximum atomic E-state index is 12.6. The topological polar surface area (TPSA) is 80.5 Å². The van der Waals surface area contributed by atoms with Gasteiger partial charge in [0.25, 0.3) is 16.8 Å². The standard InChI is InChI=1S/C17H10ClIN2O4S/c18-14-6-5-13(21(24)25)7-11(14)8-15-16(22)20(17(23)26-15)9-10-1-3-12(19)4-2-10/h1-8H,9H2/b15-8-. The van der Waals surface area contributed by atoms with E-state index in [9.17, 15) is 19.7 Å². The Morgan fingerprint density at radius 2 is 1.88 bits per heavy atom. The molecule has 2 aromatic carbocycles. The van der Waals surface area contributed by atoms with Gasteiger partial charge in [0.2, 0.25) is 0 Å². The number of thioether (sulfide) groups is 1. The zero-order valence-electron chi connectivity index (χ0n) is 13.0. The number of benzene rings is 2. The summed E-state index contributed by atoms with van der Waals surface area (Å²) < 4.78 is 1.06. The lowest BCUT2D eigenvalue weighted by atomic mass is 10.1. The van der Waals surface area contributed by atoms with Gasteiger partial charge in [0.1, 0.15) is 0 Å². The molecule has 1 fully saturated rings. The molecule has 0 aromatic heterocycles. The first-order chi connectivity index (χ1) is 12.3. The molecule has 132 valence electrons. The summed E-state index contributed by atoms with van der Waals surface area (Å²) in [6.45, 7) is 0.168. The Morgan fingerprint density at radius 3 is 2.54 bits per heavy atom. The van der Waals surface area contributed by atoms with Gasteiger partial charge in [-0.25, -0.2) is 0 Å². The van der Waals surface area contributed by atoms with Crippen LogP contribution < -0.4 is 0 Å². The Morgan fingerprint density at radius 1 is 1.19 bits per heavy atom. The number of hydrogen-bond donors (Lipinski definition) is 0. The summed E-state index contributed by atoms with van der Waals surface area (Å²) in [4.78, 5) is 36.4. The van der Waals surface area contributed by atoms with Crippen LogP contribution in [0.4, 0.5) is 10.5 Å². The molecule has 2 amide bonds. The molecule has 0 saturated carbocycles. The molecule has 0 bridgehead atoms. The van der Waals surface area contributed by atoms with E-state index in [2.05, 4.69) is 22.6 Å². The van der Waals surface area contributed by atoms with Gasteiger partial charge in [-0.3, -0.25) is 24.6 Å². The molecule has 1 aliphatic rings. The van der Waals surface area contributed by atoms with Gasteiger partial charge in [0.05, 0.1) is 16.4 Å². The van der Waals surface area contributed by atoms with Gasteiger partial charge in [-0.15, -0.1) is 0 Å². The molecular formula is C17H10ClIN2O4S. The highest BCUT2D eigenvalue weighted by Crippen LogP contribution is 2.35. The minimum absolute atomic E-state index is 0.140. The lowest BCUT2D eigenvalue weighted by Crippen LogP contribution is -2.27. The van der Waals surface area contributed by atoms with Crippen molar-refractivity contribution in [2.75, 3.05) is 0 Å². The Bertz CT molecular complexity index is 946. The largest absolute Gasteiger partial charge is 0.293 e. The predicted molar refractivity (Wildman–Crippen MR) is 109 cm³/mol. The first-order valence-corrected chi connectivity index (χ1v) is 9.56. The lowest BCUT2D eigenvalue weighted by Gasteiger charge is -2.12. The second-order valence-corrected chi connectivity index (χ2v) is 8.00. The summed E-state index contributed by atoms with van der Waals surface area (Å²) in [6.07, 6.45) is 1.41. The molecule has 1 heterocycles. The maximum Gasteiger partial charge on any atom is 0.293 e. The highest BCUT2D eigenvalue weighted by molar-refractivity contribution is 14.1. The minimum atomic E-state index is -0.545. The molecule has 26 heavy (non-hydrogen) atoms. The van der Waals surface area contributed by atoms with Gasteiger partial charge in [-0.05, 0) is 64.2 Å². The second kappa shape index (κ2) is 7.77. The van der Waals surface area contributed by atoms with Crippen LogP contribution in [-0.4, -0.2) is 21.0 Å². The number of halogens is 2. The first-order valence-electron chi connectivity index (χ1n) is 7.29. The van der Waals surface area contributed by atoms with Crippen LogP contribution in [0.2, 0.25) is 5.02 Å². The van der Waals surface area contributed by atoms with Gasteiger partial charge in [-0.1, -0.05) is 23.7 Å². The number of rotatable bonds is 4. The van der Waals surface area contributed by atoms with Crippen LogP contribution >= 0.6 is 46.0 Å². The van der Waals surface area contributed by atoms with Crippen molar-refractivity contribution in [1.29, 1.82) is 0 Å². The van der Waals surface area contributed by atoms with E-state index in [-0.39, 0.29) is 27.4 Å². The average molecular weight is 501 g/mol. The van der Waals surface area contributed by atoms with Gasteiger partial charge < -0.3 is 0 Å². The van der Waals surface area contributed by atoms with E-state index in [1.54, 1.807) is 0 Å². The number of amides is 2. The second-order valence-electron chi connectivity index (χ2n) is 5.36. The van der Waals surface area contributed by atoms with Crippen molar-refractivity contribution in [3.8, 4) is 0 Å². The summed E-state index contributed by atoms with van der Waals surface area (Å²) >= 11 is 9.02. The molecule has 1 aliphatic heterocycles. The number of carbonyl (C=O) groups excluding carboxylic acids is 2. The number of nitrogens with zero attached hydrogens (tertiary/aromatic N) is 2. The Hall–Kier alpha value is -1.91. The number of hydrogen-bond acceptors (Lipinski definition) is 5. The first kappa shape index (κ1) is 18.9. The zero-order chi connectivity index (χ0) is 18.8. The number of imide groups is 1. The SMILES string of the molecule is O=C1S/C(=C\c2cc([N+](=O)[O-])ccc2Cl)C(=O)N1Cc1ccc(I)cc1. The predicted octanol–water partition coefficient (Wildman–Crippen LogP) is 5.09. The van der Waals surface area contributed by atoms with Crippen LogP contribution in [0, 0.1) is 13.7 Å². The Kier molecular flexibility index (Phi) is 5.64. The van der Waals surface area contributed by atoms with Crippen molar-refractivity contribution in [2.24, 2.45) is 0 Å². The maximum absolute atomic E-state index is 12.6. The fourth-order valence-corrected chi connectivity index (χ4v) is 3.67. The van der Waals surface area contributed by atoms with E-state index >= 15 is 0 Å². The molecule has 2 aromatic rings. The summed E-state index contributed by atoms with van der Waals surface area (Å²) in [5.74, 6) is -0.443. The fourth-order valence-electron chi connectivity index (χ4n) is 2.31. The van der Waals surface area contributed by atoms with Crippen molar-refractivity contribution >= 4 is 68.9 Å². The molecule has 6 nitrogen and oxygen atoms in total. The summed E-state index contributed by atoms with van der Waals surface area (Å²) in [6, 6.07) is 11.4. The van der Waals surface area contributed by atoms with Crippen molar-refractivity contribution in [3.05, 3.63) is 77.2 Å². The molecule has 1 saturated heterocycles. The number of carbonyl (C=O) groups is 2. The van der Waals surface area contributed by atoms with Crippen molar-refractivity contribution in [2.45, 2.75) is 6.54 Å². The fraction of sp³-hybridized carbons (Fsp3) is 0.0588. The smallest absolute Gasteiger partial charge is 0.268 e. The van der Waals surface area contributed by atoms with E-state index < -0.39 is 10.8 Å². The van der Waals surface area contributed by atoms with Crippen LogP contribution in [0.15, 0.2) is 47.4 Å². The highest BCUT2D eigenvalue weighted by atomic mass is 127.